The Bertz CT molecular complexity index is 297. The Labute approximate surface area is 99.5 Å². The predicted molar refractivity (Wildman–Crippen MR) is 64.8 cm³/mol. The lowest BCUT2D eigenvalue weighted by atomic mass is 10.0. The van der Waals surface area contributed by atoms with Gasteiger partial charge in [-0.15, -0.1) is 23.7 Å². The van der Waals surface area contributed by atoms with Crippen molar-refractivity contribution in [3.05, 3.63) is 9.85 Å². The molecule has 14 heavy (non-hydrogen) atoms. The summed E-state index contributed by atoms with van der Waals surface area (Å²) in [6.07, 6.45) is 3.97. The van der Waals surface area contributed by atoms with Crippen molar-refractivity contribution < 1.29 is 0 Å². The molecule has 1 saturated carbocycles. The van der Waals surface area contributed by atoms with E-state index in [1.54, 1.807) is 0 Å². The third kappa shape index (κ3) is 2.75. The van der Waals surface area contributed by atoms with Crippen LogP contribution in [0.5, 0.6) is 0 Å². The number of anilines is 1. The van der Waals surface area contributed by atoms with Gasteiger partial charge in [0, 0.05) is 11.9 Å². The van der Waals surface area contributed by atoms with Crippen molar-refractivity contribution in [2.45, 2.75) is 26.2 Å². The summed E-state index contributed by atoms with van der Waals surface area (Å²) in [5, 5.41) is 5.30. The summed E-state index contributed by atoms with van der Waals surface area (Å²) < 4.78 is 0.615. The Morgan fingerprint density at radius 2 is 2.36 bits per heavy atom. The maximum Gasteiger partial charge on any atom is 0.185 e. The number of rotatable bonds is 4. The van der Waals surface area contributed by atoms with Gasteiger partial charge in [-0.3, -0.25) is 0 Å². The van der Waals surface area contributed by atoms with Crippen LogP contribution in [0.3, 0.4) is 0 Å². The van der Waals surface area contributed by atoms with Gasteiger partial charge >= 0.3 is 0 Å². The molecule has 1 heterocycles. The minimum atomic E-state index is 0. The maximum atomic E-state index is 5.73. The quantitative estimate of drug-likeness (QED) is 0.882. The molecule has 2 nitrogen and oxygen atoms in total. The molecule has 0 saturated heterocycles. The van der Waals surface area contributed by atoms with Crippen LogP contribution in [0.4, 0.5) is 5.82 Å². The van der Waals surface area contributed by atoms with Crippen molar-refractivity contribution in [3.63, 3.8) is 0 Å². The number of nitrogens with zero attached hydrogens (tertiary/aromatic N) is 1. The first-order valence-electron chi connectivity index (χ1n) is 4.59. The molecule has 0 spiro atoms. The van der Waals surface area contributed by atoms with Gasteiger partial charge in [-0.05, 0) is 24.7 Å². The van der Waals surface area contributed by atoms with Crippen LogP contribution >= 0.6 is 35.3 Å². The van der Waals surface area contributed by atoms with Crippen LogP contribution in [-0.4, -0.2) is 11.5 Å². The summed E-state index contributed by atoms with van der Waals surface area (Å²) in [5.74, 6) is 0.926. The molecule has 1 aliphatic carbocycles. The maximum absolute atomic E-state index is 5.73. The molecule has 1 aromatic rings. The van der Waals surface area contributed by atoms with Crippen molar-refractivity contribution in [1.29, 1.82) is 0 Å². The Kier molecular flexibility index (Phi) is 4.04. The number of aromatic nitrogens is 1. The van der Waals surface area contributed by atoms with Gasteiger partial charge in [0.05, 0.1) is 0 Å². The molecule has 0 atom stereocenters. The van der Waals surface area contributed by atoms with Crippen molar-refractivity contribution in [2.24, 2.45) is 5.41 Å². The molecule has 0 aliphatic heterocycles. The predicted octanol–water partition coefficient (Wildman–Crippen LogP) is 3.82. The highest BCUT2D eigenvalue weighted by Crippen LogP contribution is 2.48. The number of hydrogen-bond acceptors (Lipinski definition) is 3. The van der Waals surface area contributed by atoms with Crippen molar-refractivity contribution >= 4 is 41.2 Å². The fraction of sp³-hybridized carbons (Fsp3) is 0.667. The topological polar surface area (TPSA) is 24.9 Å². The minimum absolute atomic E-state index is 0. The largest absolute Gasteiger partial charge is 0.369 e. The third-order valence-electron chi connectivity index (χ3n) is 2.83. The standard InChI is InChI=1S/C9H13ClN2S.ClH/c1-2-9(3-4-9)6-11-7-5-13-8(10)12-7;/h5,11H,2-4,6H2,1H3;1H. The molecule has 0 amide bonds. The van der Waals surface area contributed by atoms with Gasteiger partial charge < -0.3 is 5.32 Å². The number of nitrogens with one attached hydrogen (secondary N) is 1. The van der Waals surface area contributed by atoms with E-state index in [9.17, 15) is 0 Å². The normalized spacial score (nSPS) is 17.3. The monoisotopic (exact) mass is 252 g/mol. The van der Waals surface area contributed by atoms with E-state index in [-0.39, 0.29) is 12.4 Å². The van der Waals surface area contributed by atoms with Crippen LogP contribution in [0.1, 0.15) is 26.2 Å². The highest BCUT2D eigenvalue weighted by Gasteiger charge is 2.40. The lowest BCUT2D eigenvalue weighted by Gasteiger charge is -2.12. The number of halogens is 2. The minimum Gasteiger partial charge on any atom is -0.369 e. The lowest BCUT2D eigenvalue weighted by molar-refractivity contribution is 0.521. The molecular formula is C9H14Cl2N2S. The third-order valence-corrected chi connectivity index (χ3v) is 3.81. The molecular weight excluding hydrogens is 239 g/mol. The highest BCUT2D eigenvalue weighted by atomic mass is 35.5. The van der Waals surface area contributed by atoms with Crippen molar-refractivity contribution in [2.75, 3.05) is 11.9 Å². The first-order valence-corrected chi connectivity index (χ1v) is 5.85. The van der Waals surface area contributed by atoms with Gasteiger partial charge in [-0.25, -0.2) is 4.98 Å². The van der Waals surface area contributed by atoms with Crippen LogP contribution in [-0.2, 0) is 0 Å². The zero-order valence-corrected chi connectivity index (χ0v) is 10.4. The number of thiazole rings is 1. The van der Waals surface area contributed by atoms with Crippen LogP contribution < -0.4 is 5.32 Å². The van der Waals surface area contributed by atoms with Gasteiger partial charge in [-0.1, -0.05) is 18.5 Å². The summed E-state index contributed by atoms with van der Waals surface area (Å²) in [7, 11) is 0. The summed E-state index contributed by atoms with van der Waals surface area (Å²) >= 11 is 7.20. The zero-order chi connectivity index (χ0) is 9.31. The highest BCUT2D eigenvalue weighted by molar-refractivity contribution is 7.14. The van der Waals surface area contributed by atoms with Gasteiger partial charge in [0.2, 0.25) is 0 Å². The molecule has 2 rings (SSSR count). The zero-order valence-electron chi connectivity index (χ0n) is 8.05. The summed E-state index contributed by atoms with van der Waals surface area (Å²) in [4.78, 5) is 4.15. The van der Waals surface area contributed by atoms with E-state index in [0.29, 0.717) is 9.88 Å². The van der Waals surface area contributed by atoms with Gasteiger partial charge in [0.1, 0.15) is 5.82 Å². The van der Waals surface area contributed by atoms with Gasteiger partial charge in [-0.2, -0.15) is 0 Å². The van der Waals surface area contributed by atoms with Gasteiger partial charge in [0.25, 0.3) is 0 Å². The second-order valence-corrected chi connectivity index (χ2v) is 5.13. The van der Waals surface area contributed by atoms with E-state index in [1.807, 2.05) is 5.38 Å². The molecule has 0 unspecified atom stereocenters. The fourth-order valence-corrected chi connectivity index (χ4v) is 2.16. The smallest absolute Gasteiger partial charge is 0.185 e. The van der Waals surface area contributed by atoms with Crippen LogP contribution in [0.25, 0.3) is 0 Å². The second kappa shape index (κ2) is 4.69. The summed E-state index contributed by atoms with van der Waals surface area (Å²) in [5.41, 5.74) is 0.566. The van der Waals surface area contributed by atoms with E-state index in [0.717, 1.165) is 12.4 Å². The SMILES string of the molecule is CCC1(CNc2csc(Cl)n2)CC1.Cl. The Morgan fingerprint density at radius 1 is 1.64 bits per heavy atom. The average molecular weight is 253 g/mol. The summed E-state index contributed by atoms with van der Waals surface area (Å²) in [6, 6.07) is 0. The molecule has 0 aromatic carbocycles. The van der Waals surface area contributed by atoms with E-state index < -0.39 is 0 Å². The molecule has 0 radical (unpaired) electrons. The van der Waals surface area contributed by atoms with E-state index in [4.69, 9.17) is 11.6 Å². The van der Waals surface area contributed by atoms with E-state index >= 15 is 0 Å². The summed E-state index contributed by atoms with van der Waals surface area (Å²) in [6.45, 7) is 3.30. The van der Waals surface area contributed by atoms with Crippen molar-refractivity contribution in [1.82, 2.24) is 4.98 Å². The molecule has 5 heteroatoms. The molecule has 1 aromatic heterocycles. The Morgan fingerprint density at radius 3 is 2.79 bits per heavy atom. The van der Waals surface area contributed by atoms with Crippen LogP contribution in [0.2, 0.25) is 4.47 Å². The van der Waals surface area contributed by atoms with E-state index in [2.05, 4.69) is 17.2 Å². The Hall–Kier alpha value is 0.01000. The van der Waals surface area contributed by atoms with E-state index in [1.165, 1.54) is 30.6 Å². The van der Waals surface area contributed by atoms with Crippen molar-refractivity contribution in [3.8, 4) is 0 Å². The first kappa shape index (κ1) is 12.1. The average Bonchev–Trinajstić information content (AvgIpc) is 2.81. The molecule has 1 aliphatic rings. The molecule has 0 bridgehead atoms. The van der Waals surface area contributed by atoms with Crippen LogP contribution in [0.15, 0.2) is 5.38 Å². The van der Waals surface area contributed by atoms with Gasteiger partial charge in [0.15, 0.2) is 4.47 Å². The first-order chi connectivity index (χ1) is 6.24. The fourth-order valence-electron chi connectivity index (χ4n) is 1.44. The van der Waals surface area contributed by atoms with Crippen LogP contribution in [0, 0.1) is 5.41 Å². The molecule has 80 valence electrons. The lowest BCUT2D eigenvalue weighted by Crippen LogP contribution is -2.14. The number of hydrogen-bond donors (Lipinski definition) is 1. The molecule has 1 fully saturated rings. The molecule has 1 N–H and O–H groups in total. The second-order valence-electron chi connectivity index (χ2n) is 3.69. The Balaban J connectivity index is 0.000000980.